The van der Waals surface area contributed by atoms with Gasteiger partial charge in [0.25, 0.3) is 23.6 Å². The number of ether oxygens (including phenoxy) is 2. The van der Waals surface area contributed by atoms with Gasteiger partial charge in [-0.3, -0.25) is 58.5 Å². The van der Waals surface area contributed by atoms with Crippen LogP contribution in [0.1, 0.15) is 79.8 Å². The highest BCUT2D eigenvalue weighted by Gasteiger charge is 2.36. The summed E-state index contributed by atoms with van der Waals surface area (Å²) in [6, 6.07) is 7.81. The van der Waals surface area contributed by atoms with Crippen LogP contribution in [0.25, 0.3) is 22.1 Å². The van der Waals surface area contributed by atoms with Crippen molar-refractivity contribution in [3.05, 3.63) is 94.6 Å². The molecule has 4 aromatic heterocycles. The van der Waals surface area contributed by atoms with E-state index < -0.39 is 53.0 Å². The molecule has 1 aliphatic heterocycles. The maximum Gasteiger partial charge on any atom is 0.435 e. The summed E-state index contributed by atoms with van der Waals surface area (Å²) in [4.78, 5) is 101. The lowest BCUT2D eigenvalue weighted by atomic mass is 10.1. The molecule has 7 amide bonds. The Morgan fingerprint density at radius 1 is 0.764 bits per heavy atom. The van der Waals surface area contributed by atoms with Gasteiger partial charge in [0.15, 0.2) is 5.69 Å². The van der Waals surface area contributed by atoms with Crippen LogP contribution < -0.4 is 31.6 Å². The first-order valence-corrected chi connectivity index (χ1v) is 22.3. The zero-order valence-corrected chi connectivity index (χ0v) is 39.6. The molecule has 0 unspecified atom stereocenters. The highest BCUT2D eigenvalue weighted by molar-refractivity contribution is 6.13. The van der Waals surface area contributed by atoms with Crippen molar-refractivity contribution in [2.24, 2.45) is 11.5 Å². The average Bonchev–Trinajstić information content (AvgIpc) is 4.17. The number of benzene rings is 2. The molecule has 23 nitrogen and oxygen atoms in total. The third-order valence-electron chi connectivity index (χ3n) is 11.4. The third kappa shape index (κ3) is 10.8. The van der Waals surface area contributed by atoms with Crippen molar-refractivity contribution in [1.29, 1.82) is 0 Å². The zero-order valence-electron chi connectivity index (χ0n) is 39.6. The molecule has 0 saturated carbocycles. The van der Waals surface area contributed by atoms with Crippen molar-refractivity contribution in [2.75, 3.05) is 44.5 Å². The lowest BCUT2D eigenvalue weighted by Crippen LogP contribution is -2.36. The Balaban J connectivity index is 1.22. The second-order valence-corrected chi connectivity index (χ2v) is 16.2. The minimum absolute atomic E-state index is 0.00234. The van der Waals surface area contributed by atoms with E-state index in [4.69, 9.17) is 20.9 Å². The molecule has 1 aliphatic rings. The summed E-state index contributed by atoms with van der Waals surface area (Å²) < 4.78 is 58.6. The largest absolute Gasteiger partial charge is 0.494 e. The van der Waals surface area contributed by atoms with Gasteiger partial charge in [-0.2, -0.15) is 23.4 Å². The van der Waals surface area contributed by atoms with Gasteiger partial charge in [0, 0.05) is 82.1 Å². The minimum Gasteiger partial charge on any atom is -0.494 e. The van der Waals surface area contributed by atoms with Crippen LogP contribution in [-0.2, 0) is 46.7 Å². The van der Waals surface area contributed by atoms with Crippen LogP contribution in [0.5, 0.6) is 11.5 Å². The van der Waals surface area contributed by atoms with Crippen molar-refractivity contribution < 1.29 is 56.2 Å². The van der Waals surface area contributed by atoms with E-state index in [2.05, 4.69) is 30.8 Å². The number of halogens is 3. The van der Waals surface area contributed by atoms with E-state index in [1.54, 1.807) is 36.8 Å². The number of fused-ring (bicyclic) bond motifs is 2. The number of methoxy groups -OCH3 is 1. The topological polar surface area (TPSA) is 292 Å². The molecule has 0 fully saturated rings. The Kier molecular flexibility index (Phi) is 14.9. The van der Waals surface area contributed by atoms with E-state index >= 15 is 0 Å². The molecule has 5 heterocycles. The van der Waals surface area contributed by atoms with Gasteiger partial charge in [-0.15, -0.1) is 0 Å². The number of aryl methyl sites for hydroxylation is 3. The maximum absolute atomic E-state index is 13.8. The van der Waals surface area contributed by atoms with Gasteiger partial charge < -0.3 is 35.0 Å². The fourth-order valence-corrected chi connectivity index (χ4v) is 7.85. The predicted molar refractivity (Wildman–Crippen MR) is 252 cm³/mol. The van der Waals surface area contributed by atoms with Gasteiger partial charge >= 0.3 is 6.18 Å². The normalized spacial score (nSPS) is 12.7. The van der Waals surface area contributed by atoms with E-state index in [1.807, 2.05) is 6.92 Å². The van der Waals surface area contributed by atoms with Gasteiger partial charge in [-0.05, 0) is 57.5 Å². The molecular weight excluding hydrogens is 950 g/mol. The van der Waals surface area contributed by atoms with Gasteiger partial charge in [0.05, 0.1) is 30.4 Å². The monoisotopic (exact) mass is 998 g/mol. The van der Waals surface area contributed by atoms with Crippen molar-refractivity contribution in [2.45, 2.75) is 66.0 Å². The molecular formula is C46H49F3N14O9. The smallest absolute Gasteiger partial charge is 0.435 e. The fraction of sp³-hybridized carbons (Fsp3) is 0.326. The number of alkyl halides is 3. The Labute approximate surface area is 407 Å². The maximum atomic E-state index is 13.8. The van der Waals surface area contributed by atoms with Crippen LogP contribution in [0.4, 0.5) is 25.1 Å². The number of primary amides is 2. The van der Waals surface area contributed by atoms with Crippen LogP contribution in [0, 0.1) is 6.92 Å². The number of allylic oxidation sites excluding steroid dienone is 2. The van der Waals surface area contributed by atoms with Gasteiger partial charge in [-0.25, -0.2) is 9.97 Å². The number of nitrogens with one attached hydrogen (secondary N) is 2. The van der Waals surface area contributed by atoms with E-state index in [0.717, 1.165) is 21.7 Å². The standard InChI is InChI=1S/C46H49F3N14O9/c1-6-62-30(19-25(3)56-62)42(69)54-44-52-28-20-26(40(50)67)22-32(71-5)38(28)60(44)15-8-9-16-61-39-29(53-45(61)55-43(70)31-24-34(46(47,48)49)57-63(31)7-2)21-27(41(51)68)23-33(39)72-18-10-14-58(4)35(64)13-17-59-36(65)11-12-37(59)66/h8-9,11-12,19-24H,6-7,10,13-18H2,1-5H3,(H2,50,67)(H2,51,68)(H,52,54,69)(H,53,55,70)/b9-8+. The molecule has 0 spiro atoms. The summed E-state index contributed by atoms with van der Waals surface area (Å²) >= 11 is 0. The predicted octanol–water partition coefficient (Wildman–Crippen LogP) is 3.66. The summed E-state index contributed by atoms with van der Waals surface area (Å²) in [5.41, 5.74) is 11.5. The number of aromatic nitrogens is 8. The molecule has 72 heavy (non-hydrogen) atoms. The molecule has 0 radical (unpaired) electrons. The summed E-state index contributed by atoms with van der Waals surface area (Å²) in [5, 5.41) is 13.3. The Hall–Kier alpha value is -8.84. The molecule has 0 atom stereocenters. The molecule has 378 valence electrons. The number of carbonyl (C=O) groups excluding carboxylic acids is 7. The van der Waals surface area contributed by atoms with Crippen LogP contribution in [0.2, 0.25) is 0 Å². The Morgan fingerprint density at radius 2 is 1.28 bits per heavy atom. The van der Waals surface area contributed by atoms with Gasteiger partial charge in [-0.1, -0.05) is 12.2 Å². The van der Waals surface area contributed by atoms with Crippen LogP contribution in [0.15, 0.2) is 60.7 Å². The minimum atomic E-state index is -4.85. The molecule has 0 saturated heterocycles. The molecule has 2 aromatic carbocycles. The SMILES string of the molecule is CCn1nc(C)cc1C(=O)Nc1nc2cc(C(N)=O)cc(OC)c2n1C/C=C/Cn1c(NC(=O)c2cc(C(F)(F)F)nn2CC)nc2cc(C(N)=O)cc(OCCCN(C)C(=O)CCN3C(=O)C=CC3=O)c21. The molecule has 6 N–H and O–H groups in total. The van der Waals surface area contributed by atoms with Gasteiger partial charge in [0.1, 0.15) is 33.9 Å². The van der Waals surface area contributed by atoms with Crippen LogP contribution >= 0.6 is 0 Å². The molecule has 0 aliphatic carbocycles. The van der Waals surface area contributed by atoms with E-state index in [-0.39, 0.29) is 115 Å². The van der Waals surface area contributed by atoms with Crippen molar-refractivity contribution in [3.63, 3.8) is 0 Å². The number of imide groups is 1. The Morgan fingerprint density at radius 3 is 1.79 bits per heavy atom. The highest BCUT2D eigenvalue weighted by Crippen LogP contribution is 2.34. The first kappa shape index (κ1) is 51.0. The summed E-state index contributed by atoms with van der Waals surface area (Å²) in [6.45, 7) is 5.31. The van der Waals surface area contributed by atoms with Crippen LogP contribution in [0.3, 0.4) is 0 Å². The second kappa shape index (κ2) is 21.0. The number of anilines is 2. The number of nitrogens with two attached hydrogens (primary N) is 2. The first-order valence-electron chi connectivity index (χ1n) is 22.3. The van der Waals surface area contributed by atoms with E-state index in [1.165, 1.54) is 52.4 Å². The zero-order chi connectivity index (χ0) is 52.2. The lowest BCUT2D eigenvalue weighted by Gasteiger charge is -2.19. The highest BCUT2D eigenvalue weighted by atomic mass is 19.4. The number of amides is 7. The number of carbonyl (C=O) groups is 7. The quantitative estimate of drug-likeness (QED) is 0.0456. The number of nitrogens with zero attached hydrogens (tertiary/aromatic N) is 10. The van der Waals surface area contributed by atoms with Gasteiger partial charge in [0.2, 0.25) is 29.6 Å². The van der Waals surface area contributed by atoms with Crippen molar-refractivity contribution >= 4 is 75.3 Å². The molecule has 0 bridgehead atoms. The second-order valence-electron chi connectivity index (χ2n) is 16.2. The number of rotatable bonds is 21. The van der Waals surface area contributed by atoms with Crippen molar-refractivity contribution in [3.8, 4) is 11.5 Å². The average molecular weight is 999 g/mol. The van der Waals surface area contributed by atoms with E-state index in [9.17, 15) is 46.7 Å². The molecule has 26 heteroatoms. The summed E-state index contributed by atoms with van der Waals surface area (Å²) in [7, 11) is 2.92. The van der Waals surface area contributed by atoms with E-state index in [0.29, 0.717) is 23.8 Å². The summed E-state index contributed by atoms with van der Waals surface area (Å²) in [6.07, 6.45) is 0.860. The first-order chi connectivity index (χ1) is 34.2. The van der Waals surface area contributed by atoms with Crippen LogP contribution in [-0.4, -0.2) is 124 Å². The third-order valence-corrected chi connectivity index (χ3v) is 11.4. The molecule has 7 rings (SSSR count). The summed E-state index contributed by atoms with van der Waals surface area (Å²) in [5.74, 6) is -4.34. The number of imidazole rings is 2. The fourth-order valence-electron chi connectivity index (χ4n) is 7.85. The van der Waals surface area contributed by atoms with Crippen molar-refractivity contribution in [1.82, 2.24) is 48.5 Å². The molecule has 6 aromatic rings. The number of hydrogen-bond donors (Lipinski definition) is 4. The Bertz CT molecular complexity index is 3200. The number of hydrogen-bond acceptors (Lipinski definition) is 13. The lowest BCUT2D eigenvalue weighted by molar-refractivity contribution is -0.142.